The number of carbonyl (C=O) groups excluding carboxylic acids is 1. The summed E-state index contributed by atoms with van der Waals surface area (Å²) < 4.78 is 4.94. The summed E-state index contributed by atoms with van der Waals surface area (Å²) >= 11 is 0. The number of methoxy groups -OCH3 is 1. The first-order valence-corrected chi connectivity index (χ1v) is 7.27. The molecule has 5 heteroatoms. The van der Waals surface area contributed by atoms with Crippen LogP contribution in [0.5, 0.6) is 0 Å². The number of rotatable bonds is 7. The molecule has 1 amide bonds. The van der Waals surface area contributed by atoms with Gasteiger partial charge in [0.15, 0.2) is 0 Å². The molecular formula is C16H24N2O3. The molecule has 0 saturated carbocycles. The highest BCUT2D eigenvalue weighted by atomic mass is 16.5. The van der Waals surface area contributed by atoms with Gasteiger partial charge >= 0.3 is 0 Å². The Balaban J connectivity index is 2.02. The number of aliphatic hydroxyl groups is 1. The molecule has 1 aliphatic heterocycles. The fourth-order valence-electron chi connectivity index (χ4n) is 2.70. The summed E-state index contributed by atoms with van der Waals surface area (Å²) in [6, 6.07) is 7.79. The van der Waals surface area contributed by atoms with Crippen LogP contribution in [0.1, 0.15) is 19.4 Å². The third-order valence-electron chi connectivity index (χ3n) is 3.90. The van der Waals surface area contributed by atoms with E-state index >= 15 is 0 Å². The molecule has 1 aromatic carbocycles. The number of nitrogens with zero attached hydrogens (tertiary/aromatic N) is 1. The maximum Gasteiger partial charge on any atom is 0.237 e. The van der Waals surface area contributed by atoms with Crippen LogP contribution in [0.2, 0.25) is 0 Å². The lowest BCUT2D eigenvalue weighted by Crippen LogP contribution is -2.43. The van der Waals surface area contributed by atoms with E-state index in [0.717, 1.165) is 11.3 Å². The number of ether oxygens (including phenoxy) is 1. The van der Waals surface area contributed by atoms with Crippen molar-refractivity contribution in [3.63, 3.8) is 0 Å². The quantitative estimate of drug-likeness (QED) is 0.733. The summed E-state index contributed by atoms with van der Waals surface area (Å²) in [6.45, 7) is 5.89. The number of anilines is 1. The van der Waals surface area contributed by atoms with Crippen molar-refractivity contribution in [1.29, 1.82) is 0 Å². The Labute approximate surface area is 125 Å². The lowest BCUT2D eigenvalue weighted by atomic mass is 9.86. The van der Waals surface area contributed by atoms with Gasteiger partial charge < -0.3 is 20.1 Å². The fourth-order valence-corrected chi connectivity index (χ4v) is 2.70. The van der Waals surface area contributed by atoms with Gasteiger partial charge in [-0.1, -0.05) is 18.2 Å². The summed E-state index contributed by atoms with van der Waals surface area (Å²) in [5.41, 5.74) is 1.40. The molecule has 1 unspecified atom stereocenters. The molecule has 1 aliphatic rings. The molecule has 1 heterocycles. The van der Waals surface area contributed by atoms with Gasteiger partial charge in [0.25, 0.3) is 0 Å². The number of nitrogens with one attached hydrogen (secondary N) is 1. The highest BCUT2D eigenvalue weighted by Crippen LogP contribution is 2.41. The second-order valence-electron chi connectivity index (χ2n) is 5.91. The molecule has 21 heavy (non-hydrogen) atoms. The zero-order valence-electron chi connectivity index (χ0n) is 12.9. The Morgan fingerprint density at radius 1 is 1.38 bits per heavy atom. The average molecular weight is 292 g/mol. The Hall–Kier alpha value is -1.43. The number of carbonyl (C=O) groups is 1. The number of benzene rings is 1. The Morgan fingerprint density at radius 3 is 2.81 bits per heavy atom. The zero-order valence-corrected chi connectivity index (χ0v) is 12.9. The van der Waals surface area contributed by atoms with Crippen LogP contribution in [-0.4, -0.2) is 50.5 Å². The third-order valence-corrected chi connectivity index (χ3v) is 3.90. The highest BCUT2D eigenvalue weighted by molar-refractivity contribution is 6.07. The van der Waals surface area contributed by atoms with Gasteiger partial charge in [-0.2, -0.15) is 0 Å². The van der Waals surface area contributed by atoms with Crippen LogP contribution >= 0.6 is 0 Å². The van der Waals surface area contributed by atoms with Gasteiger partial charge in [-0.05, 0) is 25.5 Å². The van der Waals surface area contributed by atoms with E-state index in [0.29, 0.717) is 26.2 Å². The predicted octanol–water partition coefficient (Wildman–Crippen LogP) is 0.908. The number of amides is 1. The average Bonchev–Trinajstić information content (AvgIpc) is 2.66. The van der Waals surface area contributed by atoms with Gasteiger partial charge in [-0.15, -0.1) is 0 Å². The van der Waals surface area contributed by atoms with Crippen LogP contribution in [0, 0.1) is 0 Å². The van der Waals surface area contributed by atoms with E-state index in [1.54, 1.807) is 12.0 Å². The standard InChI is InChI=1S/C16H24N2O3/c1-16(2)13-6-4-5-7-14(13)18(15(16)20)11-12(19)10-17-8-9-21-3/h4-7,12,17,19H,8-11H2,1-3H3. The topological polar surface area (TPSA) is 61.8 Å². The van der Waals surface area contributed by atoms with Crippen LogP contribution in [0.3, 0.4) is 0 Å². The smallest absolute Gasteiger partial charge is 0.237 e. The van der Waals surface area contributed by atoms with Crippen molar-refractivity contribution in [2.24, 2.45) is 0 Å². The zero-order chi connectivity index (χ0) is 15.5. The second-order valence-corrected chi connectivity index (χ2v) is 5.91. The normalized spacial score (nSPS) is 17.9. The van der Waals surface area contributed by atoms with Crippen molar-refractivity contribution in [1.82, 2.24) is 5.32 Å². The Kier molecular flexibility index (Phi) is 4.98. The molecule has 0 fully saturated rings. The van der Waals surface area contributed by atoms with Crippen LogP contribution in [-0.2, 0) is 14.9 Å². The van der Waals surface area contributed by atoms with Gasteiger partial charge in [0.2, 0.25) is 5.91 Å². The molecule has 2 rings (SSSR count). The second kappa shape index (κ2) is 6.56. The maximum atomic E-state index is 12.6. The molecule has 0 bridgehead atoms. The third kappa shape index (κ3) is 3.26. The highest BCUT2D eigenvalue weighted by Gasteiger charge is 2.43. The number of aliphatic hydroxyl groups excluding tert-OH is 1. The van der Waals surface area contributed by atoms with Crippen LogP contribution in [0.15, 0.2) is 24.3 Å². The van der Waals surface area contributed by atoms with E-state index in [1.807, 2.05) is 38.1 Å². The fraction of sp³-hybridized carbons (Fsp3) is 0.562. The summed E-state index contributed by atoms with van der Waals surface area (Å²) in [5.74, 6) is 0.0413. The molecule has 0 spiro atoms. The minimum atomic E-state index is -0.604. The molecule has 0 aromatic heterocycles. The van der Waals surface area contributed by atoms with Crippen molar-refractivity contribution in [2.75, 3.05) is 38.3 Å². The SMILES string of the molecule is COCCNCC(O)CN1C(=O)C(C)(C)c2ccccc21. The molecule has 116 valence electrons. The van der Waals surface area contributed by atoms with Crippen molar-refractivity contribution < 1.29 is 14.6 Å². The first-order valence-electron chi connectivity index (χ1n) is 7.27. The molecule has 2 N–H and O–H groups in total. The number of fused-ring (bicyclic) bond motifs is 1. The molecule has 0 saturated heterocycles. The molecule has 0 aliphatic carbocycles. The van der Waals surface area contributed by atoms with Crippen molar-refractivity contribution in [3.05, 3.63) is 29.8 Å². The Morgan fingerprint density at radius 2 is 2.10 bits per heavy atom. The van der Waals surface area contributed by atoms with E-state index < -0.39 is 11.5 Å². The van der Waals surface area contributed by atoms with Crippen molar-refractivity contribution >= 4 is 11.6 Å². The van der Waals surface area contributed by atoms with Crippen LogP contribution in [0.25, 0.3) is 0 Å². The summed E-state index contributed by atoms with van der Waals surface area (Å²) in [7, 11) is 1.64. The first-order chi connectivity index (χ1) is 9.98. The number of para-hydroxylation sites is 1. The maximum absolute atomic E-state index is 12.6. The Bertz CT molecular complexity index is 502. The van der Waals surface area contributed by atoms with Crippen LogP contribution in [0.4, 0.5) is 5.69 Å². The van der Waals surface area contributed by atoms with Gasteiger partial charge in [0.1, 0.15) is 0 Å². The minimum Gasteiger partial charge on any atom is -0.390 e. The molecule has 0 radical (unpaired) electrons. The van der Waals surface area contributed by atoms with E-state index in [2.05, 4.69) is 5.32 Å². The van der Waals surface area contributed by atoms with Gasteiger partial charge in [0, 0.05) is 25.9 Å². The largest absolute Gasteiger partial charge is 0.390 e. The number of hydrogen-bond acceptors (Lipinski definition) is 4. The number of β-amino-alcohol motifs (C(OH)–C–C–N with tert-alkyl or cyclic N) is 1. The van der Waals surface area contributed by atoms with Crippen molar-refractivity contribution in [2.45, 2.75) is 25.4 Å². The minimum absolute atomic E-state index is 0.0413. The van der Waals surface area contributed by atoms with Crippen LogP contribution < -0.4 is 10.2 Å². The molecule has 1 atom stereocenters. The number of hydrogen-bond donors (Lipinski definition) is 2. The molecule has 5 nitrogen and oxygen atoms in total. The van der Waals surface area contributed by atoms with Crippen molar-refractivity contribution in [3.8, 4) is 0 Å². The van der Waals surface area contributed by atoms with E-state index in [-0.39, 0.29) is 5.91 Å². The van der Waals surface area contributed by atoms with Gasteiger partial charge in [0.05, 0.1) is 24.7 Å². The summed E-state index contributed by atoms with van der Waals surface area (Å²) in [6.07, 6.45) is -0.604. The summed E-state index contributed by atoms with van der Waals surface area (Å²) in [5, 5.41) is 13.2. The molecule has 1 aromatic rings. The predicted molar refractivity (Wildman–Crippen MR) is 82.6 cm³/mol. The van der Waals surface area contributed by atoms with E-state index in [9.17, 15) is 9.90 Å². The monoisotopic (exact) mass is 292 g/mol. The first kappa shape index (κ1) is 15.9. The van der Waals surface area contributed by atoms with E-state index in [4.69, 9.17) is 4.74 Å². The lowest BCUT2D eigenvalue weighted by Gasteiger charge is -2.23. The van der Waals surface area contributed by atoms with E-state index in [1.165, 1.54) is 0 Å². The summed E-state index contributed by atoms with van der Waals surface area (Å²) in [4.78, 5) is 14.3. The van der Waals surface area contributed by atoms with Gasteiger partial charge in [-0.3, -0.25) is 4.79 Å². The molecular weight excluding hydrogens is 268 g/mol. The van der Waals surface area contributed by atoms with Gasteiger partial charge in [-0.25, -0.2) is 0 Å². The lowest BCUT2D eigenvalue weighted by molar-refractivity contribution is -0.122.